The summed E-state index contributed by atoms with van der Waals surface area (Å²) in [7, 11) is 0. The molecule has 0 aliphatic rings. The van der Waals surface area contributed by atoms with E-state index in [0.717, 1.165) is 0 Å². The van der Waals surface area contributed by atoms with Crippen LogP contribution in [0.1, 0.15) is 13.8 Å². The van der Waals surface area contributed by atoms with Crippen molar-refractivity contribution < 1.29 is 20.1 Å². The van der Waals surface area contributed by atoms with Gasteiger partial charge >= 0.3 is 0 Å². The molecule has 0 aromatic rings. The van der Waals surface area contributed by atoms with Gasteiger partial charge in [-0.15, -0.1) is 0 Å². The van der Waals surface area contributed by atoms with Crippen LogP contribution in [0.15, 0.2) is 0 Å². The van der Waals surface area contributed by atoms with Crippen molar-refractivity contribution in [3.05, 3.63) is 0 Å². The highest BCUT2D eigenvalue weighted by Crippen LogP contribution is 1.98. The van der Waals surface area contributed by atoms with Crippen molar-refractivity contribution in [2.45, 2.75) is 32.3 Å². The van der Waals surface area contributed by atoms with Crippen molar-refractivity contribution in [1.29, 1.82) is 0 Å². The normalized spacial score (nSPS) is 17.4. The Morgan fingerprint density at radius 3 is 2.10 bits per heavy atom. The van der Waals surface area contributed by atoms with E-state index in [1.54, 1.807) is 13.8 Å². The first-order valence-electron chi connectivity index (χ1n) is 3.20. The summed E-state index contributed by atoms with van der Waals surface area (Å²) in [6.07, 6.45) is -2.65. The van der Waals surface area contributed by atoms with Gasteiger partial charge in [-0.1, -0.05) is 0 Å². The van der Waals surface area contributed by atoms with Gasteiger partial charge in [0.2, 0.25) is 0 Å². The number of rotatable bonds is 4. The third kappa shape index (κ3) is 3.79. The van der Waals surface area contributed by atoms with Crippen molar-refractivity contribution in [3.63, 3.8) is 0 Å². The van der Waals surface area contributed by atoms with Crippen LogP contribution in [0, 0.1) is 0 Å². The molecule has 0 aliphatic carbocycles. The van der Waals surface area contributed by atoms with Crippen molar-refractivity contribution >= 4 is 0 Å². The highest BCUT2D eigenvalue weighted by Gasteiger charge is 2.16. The molecular formula is C6H14O4. The average Bonchev–Trinajstić information content (AvgIpc) is 1.85. The number of aliphatic hydroxyl groups is 3. The molecule has 3 N–H and O–H groups in total. The molecule has 62 valence electrons. The zero-order chi connectivity index (χ0) is 8.15. The van der Waals surface area contributed by atoms with E-state index in [4.69, 9.17) is 20.1 Å². The van der Waals surface area contributed by atoms with Gasteiger partial charge in [0.15, 0.2) is 6.29 Å². The van der Waals surface area contributed by atoms with Gasteiger partial charge in [0.05, 0.1) is 12.7 Å². The summed E-state index contributed by atoms with van der Waals surface area (Å²) in [5.41, 5.74) is 0. The van der Waals surface area contributed by atoms with Crippen LogP contribution in [0.2, 0.25) is 0 Å². The topological polar surface area (TPSA) is 69.9 Å². The van der Waals surface area contributed by atoms with Gasteiger partial charge in [-0.25, -0.2) is 0 Å². The van der Waals surface area contributed by atoms with E-state index in [2.05, 4.69) is 0 Å². The molecule has 0 saturated carbocycles. The van der Waals surface area contributed by atoms with Gasteiger partial charge < -0.3 is 20.1 Å². The molecular weight excluding hydrogens is 136 g/mol. The van der Waals surface area contributed by atoms with Gasteiger partial charge in [-0.05, 0) is 13.8 Å². The molecule has 0 aromatic heterocycles. The number of aliphatic hydroxyl groups excluding tert-OH is 3. The molecule has 0 spiro atoms. The van der Waals surface area contributed by atoms with Crippen LogP contribution in [0.25, 0.3) is 0 Å². The first kappa shape index (κ1) is 9.84. The monoisotopic (exact) mass is 150 g/mol. The Labute approximate surface area is 60.1 Å². The van der Waals surface area contributed by atoms with Crippen LogP contribution >= 0.6 is 0 Å². The first-order chi connectivity index (χ1) is 4.57. The standard InChI is InChI=1S/C6H14O4/c1-4(2)10-6(9)5(8)3-7/h4-9H,3H2,1-2H3. The number of hydrogen-bond acceptors (Lipinski definition) is 4. The van der Waals surface area contributed by atoms with E-state index in [1.807, 2.05) is 0 Å². The maximum Gasteiger partial charge on any atom is 0.183 e. The molecule has 0 aromatic carbocycles. The highest BCUT2D eigenvalue weighted by molar-refractivity contribution is 4.56. The van der Waals surface area contributed by atoms with Crippen LogP contribution in [0.5, 0.6) is 0 Å². The second kappa shape index (κ2) is 4.62. The number of ether oxygens (including phenoxy) is 1. The fourth-order valence-corrected chi connectivity index (χ4v) is 0.460. The van der Waals surface area contributed by atoms with Crippen molar-refractivity contribution in [2.24, 2.45) is 0 Å². The van der Waals surface area contributed by atoms with E-state index in [0.29, 0.717) is 0 Å². The van der Waals surface area contributed by atoms with Crippen molar-refractivity contribution in [1.82, 2.24) is 0 Å². The summed E-state index contributed by atoms with van der Waals surface area (Å²) in [4.78, 5) is 0. The second-order valence-electron chi connectivity index (χ2n) is 2.33. The fraction of sp³-hybridized carbons (Fsp3) is 1.00. The Morgan fingerprint density at radius 2 is 1.80 bits per heavy atom. The summed E-state index contributed by atoms with van der Waals surface area (Å²) < 4.78 is 4.75. The van der Waals surface area contributed by atoms with Gasteiger partial charge in [0.25, 0.3) is 0 Å². The maximum absolute atomic E-state index is 8.86. The predicted molar refractivity (Wildman–Crippen MR) is 35.3 cm³/mol. The fourth-order valence-electron chi connectivity index (χ4n) is 0.460. The maximum atomic E-state index is 8.86. The molecule has 0 aliphatic heterocycles. The Hall–Kier alpha value is -0.160. The lowest BCUT2D eigenvalue weighted by atomic mass is 10.3. The van der Waals surface area contributed by atoms with E-state index in [9.17, 15) is 0 Å². The Balaban J connectivity index is 3.50. The molecule has 0 rings (SSSR count). The third-order valence-electron chi connectivity index (χ3n) is 0.928. The zero-order valence-corrected chi connectivity index (χ0v) is 6.19. The smallest absolute Gasteiger partial charge is 0.183 e. The molecule has 4 nitrogen and oxygen atoms in total. The van der Waals surface area contributed by atoms with Crippen molar-refractivity contribution in [2.75, 3.05) is 6.61 Å². The predicted octanol–water partition coefficient (Wildman–Crippen LogP) is -0.917. The Bertz CT molecular complexity index is 83.8. The summed E-state index contributed by atoms with van der Waals surface area (Å²) in [6, 6.07) is 0. The molecule has 0 radical (unpaired) electrons. The summed E-state index contributed by atoms with van der Waals surface area (Å²) in [5, 5.41) is 25.9. The lowest BCUT2D eigenvalue weighted by Gasteiger charge is -2.18. The van der Waals surface area contributed by atoms with Gasteiger partial charge in [0.1, 0.15) is 6.10 Å². The molecule has 0 fully saturated rings. The van der Waals surface area contributed by atoms with Crippen LogP contribution in [-0.2, 0) is 4.74 Å². The minimum absolute atomic E-state index is 0.156. The molecule has 2 unspecified atom stereocenters. The van der Waals surface area contributed by atoms with Gasteiger partial charge in [-0.2, -0.15) is 0 Å². The lowest BCUT2D eigenvalue weighted by molar-refractivity contribution is -0.188. The Kier molecular flexibility index (Phi) is 4.55. The molecule has 10 heavy (non-hydrogen) atoms. The van der Waals surface area contributed by atoms with Crippen molar-refractivity contribution in [3.8, 4) is 0 Å². The minimum Gasteiger partial charge on any atom is -0.393 e. The largest absolute Gasteiger partial charge is 0.393 e. The third-order valence-corrected chi connectivity index (χ3v) is 0.928. The SMILES string of the molecule is CC(C)OC(O)C(O)CO. The number of hydrogen-bond donors (Lipinski definition) is 3. The lowest BCUT2D eigenvalue weighted by Crippen LogP contribution is -2.33. The minimum atomic E-state index is -1.29. The van der Waals surface area contributed by atoms with Crippen LogP contribution in [0.4, 0.5) is 0 Å². The van der Waals surface area contributed by atoms with Crippen LogP contribution in [-0.4, -0.2) is 40.4 Å². The Morgan fingerprint density at radius 1 is 1.30 bits per heavy atom. The summed E-state index contributed by atoms with van der Waals surface area (Å²) in [6.45, 7) is 2.97. The van der Waals surface area contributed by atoms with E-state index in [-0.39, 0.29) is 6.10 Å². The van der Waals surface area contributed by atoms with Crippen LogP contribution < -0.4 is 0 Å². The highest BCUT2D eigenvalue weighted by atomic mass is 16.6. The molecule has 4 heteroatoms. The molecule has 0 saturated heterocycles. The second-order valence-corrected chi connectivity index (χ2v) is 2.33. The molecule has 2 atom stereocenters. The van der Waals surface area contributed by atoms with Gasteiger partial charge in [0, 0.05) is 0 Å². The average molecular weight is 150 g/mol. The van der Waals surface area contributed by atoms with E-state index in [1.165, 1.54) is 0 Å². The zero-order valence-electron chi connectivity index (χ0n) is 6.19. The van der Waals surface area contributed by atoms with Gasteiger partial charge in [-0.3, -0.25) is 0 Å². The van der Waals surface area contributed by atoms with Crippen LogP contribution in [0.3, 0.4) is 0 Å². The summed E-state index contributed by atoms with van der Waals surface area (Å²) >= 11 is 0. The van der Waals surface area contributed by atoms with E-state index < -0.39 is 19.0 Å². The molecule has 0 bridgehead atoms. The molecule has 0 heterocycles. The summed E-state index contributed by atoms with van der Waals surface area (Å²) in [5.74, 6) is 0. The first-order valence-corrected chi connectivity index (χ1v) is 3.20. The quantitative estimate of drug-likeness (QED) is 0.453. The molecule has 0 amide bonds. The van der Waals surface area contributed by atoms with E-state index >= 15 is 0 Å².